The van der Waals surface area contributed by atoms with Crippen LogP contribution in [0.5, 0.6) is 0 Å². The van der Waals surface area contributed by atoms with Crippen LogP contribution < -0.4 is 11.5 Å². The molecule has 6 heteroatoms. The zero-order valence-electron chi connectivity index (χ0n) is 6.03. The van der Waals surface area contributed by atoms with Gasteiger partial charge in [0.25, 0.3) is 5.24 Å². The second-order valence-corrected chi connectivity index (χ2v) is 2.54. The molecule has 0 saturated heterocycles. The smallest absolute Gasteiger partial charge is 0.321 e. The predicted molar refractivity (Wildman–Crippen MR) is 37.7 cm³/mol. The third kappa shape index (κ3) is 4.16. The van der Waals surface area contributed by atoms with Crippen LogP contribution in [0.15, 0.2) is 0 Å². The third-order valence-electron chi connectivity index (χ3n) is 0.711. The third-order valence-corrected chi connectivity index (χ3v) is 1.50. The number of carbonyl (C=O) groups is 2. The highest BCUT2D eigenvalue weighted by Gasteiger charge is 2.11. The van der Waals surface area contributed by atoms with Crippen molar-refractivity contribution in [2.45, 2.75) is 6.04 Å². The molecule has 5 nitrogen and oxygen atoms in total. The van der Waals surface area contributed by atoms with Crippen LogP contribution >= 0.6 is 11.8 Å². The maximum Gasteiger partial charge on any atom is 0.321 e. The lowest BCUT2D eigenvalue weighted by Gasteiger charge is -2.01. The number of nitrogens with two attached hydrogens (primary N) is 2. The van der Waals surface area contributed by atoms with Gasteiger partial charge in [-0.25, -0.2) is 0 Å². The van der Waals surface area contributed by atoms with Gasteiger partial charge in [-0.1, -0.05) is 11.8 Å². The van der Waals surface area contributed by atoms with Crippen LogP contribution in [0.4, 0.5) is 4.79 Å². The maximum absolute atomic E-state index is 10.4. The first-order valence-electron chi connectivity index (χ1n) is 2.90. The van der Waals surface area contributed by atoms with Crippen LogP contribution in [0.3, 0.4) is 0 Å². The van der Waals surface area contributed by atoms with Crippen molar-refractivity contribution in [3.8, 4) is 0 Å². The van der Waals surface area contributed by atoms with E-state index in [1.165, 1.54) is 0 Å². The first-order chi connectivity index (χ1) is 5.07. The minimum atomic E-state index is -1.16. The quantitative estimate of drug-likeness (QED) is 0.508. The summed E-state index contributed by atoms with van der Waals surface area (Å²) in [4.78, 5) is 20.4. The fraction of sp³-hybridized carbons (Fsp3) is 0.500. The van der Waals surface area contributed by atoms with E-state index in [0.717, 1.165) is 0 Å². The Kier molecular flexibility index (Phi) is 3.04. The van der Waals surface area contributed by atoms with E-state index in [1.54, 1.807) is 5.73 Å². The summed E-state index contributed by atoms with van der Waals surface area (Å²) >= 11 is 0.669. The Morgan fingerprint density at radius 2 is 2.40 bits per heavy atom. The minimum Gasteiger partial charge on any atom is -0.480 e. The number of hydrogen-bond acceptors (Lipinski definition) is 4. The van der Waals surface area contributed by atoms with Gasteiger partial charge in [-0.3, -0.25) is 9.59 Å². The summed E-state index contributed by atoms with van der Waals surface area (Å²) in [6.45, 7) is 0. The van der Waals surface area contributed by atoms with Crippen molar-refractivity contribution in [2.75, 3.05) is 5.75 Å². The van der Waals surface area contributed by atoms with E-state index in [2.05, 4.69) is 0 Å². The number of amides is 1. The Balaban J connectivity index is 3.54. The molecule has 0 heterocycles. The molecule has 1 amide bonds. The topological polar surface area (TPSA) is 106 Å². The van der Waals surface area contributed by atoms with Gasteiger partial charge < -0.3 is 16.6 Å². The van der Waals surface area contributed by atoms with E-state index in [0.29, 0.717) is 11.8 Å². The maximum atomic E-state index is 10.4. The lowest BCUT2D eigenvalue weighted by molar-refractivity contribution is -0.137. The highest BCUT2D eigenvalue weighted by molar-refractivity contribution is 8.13. The monoisotopic (exact) mass is 165 g/mol. The molecule has 1 atom stereocenters. The SMILES string of the molecule is [2H]NC(=O)SC[C@H](N)C(=O)O. The molecular formula is C4H8N2O3S. The van der Waals surface area contributed by atoms with E-state index in [4.69, 9.17) is 12.3 Å². The summed E-state index contributed by atoms with van der Waals surface area (Å²) in [5, 5.41) is 7.64. The fourth-order valence-electron chi connectivity index (χ4n) is 0.237. The van der Waals surface area contributed by atoms with Gasteiger partial charge in [0.05, 0.1) is 0 Å². The summed E-state index contributed by atoms with van der Waals surface area (Å²) in [6, 6.07) is -1.06. The molecule has 0 saturated carbocycles. The fourth-order valence-corrected chi connectivity index (χ4v) is 0.710. The molecule has 0 aliphatic heterocycles. The number of carboxylic acid groups (broad SMARTS) is 1. The largest absolute Gasteiger partial charge is 0.480 e. The number of carbonyl (C=O) groups excluding carboxylic acids is 1. The molecular weight excluding hydrogens is 156 g/mol. The van der Waals surface area contributed by atoms with Crippen molar-refractivity contribution in [1.29, 1.82) is 0 Å². The number of hydrogen-bond donors (Lipinski definition) is 3. The second kappa shape index (κ2) is 4.13. The Labute approximate surface area is 63.2 Å². The van der Waals surface area contributed by atoms with Crippen molar-refractivity contribution in [1.82, 2.24) is 0 Å². The Bertz CT molecular complexity index is 165. The average molecular weight is 165 g/mol. The van der Waals surface area contributed by atoms with Crippen molar-refractivity contribution in [3.05, 3.63) is 0 Å². The van der Waals surface area contributed by atoms with Gasteiger partial charge >= 0.3 is 5.97 Å². The summed E-state index contributed by atoms with van der Waals surface area (Å²) in [6.07, 6.45) is 0. The lowest BCUT2D eigenvalue weighted by atomic mass is 10.4. The molecule has 0 rings (SSSR count). The number of aliphatic carboxylic acids is 1. The highest BCUT2D eigenvalue weighted by atomic mass is 32.2. The van der Waals surface area contributed by atoms with Crippen molar-refractivity contribution in [2.24, 2.45) is 11.5 Å². The molecule has 0 aromatic carbocycles. The molecule has 5 N–H and O–H groups in total. The summed E-state index contributed by atoms with van der Waals surface area (Å²) in [5.74, 6) is -1.18. The highest BCUT2D eigenvalue weighted by Crippen LogP contribution is 2.00. The van der Waals surface area contributed by atoms with E-state index < -0.39 is 17.3 Å². The standard InChI is InChI=1S/C4H8N2O3S/c5-2(3(7)8)1-10-4(6)9/h2H,1,5H2,(H2,6,9)(H,7,8)/t2-/m0/s1/i/hD. The molecule has 0 spiro atoms. The van der Waals surface area contributed by atoms with E-state index in [-0.39, 0.29) is 5.75 Å². The van der Waals surface area contributed by atoms with Gasteiger partial charge in [0.1, 0.15) is 6.04 Å². The van der Waals surface area contributed by atoms with Crippen molar-refractivity contribution < 1.29 is 16.1 Å². The van der Waals surface area contributed by atoms with Gasteiger partial charge in [-0.2, -0.15) is 0 Å². The molecule has 0 aromatic heterocycles. The molecule has 0 bridgehead atoms. The molecule has 0 radical (unpaired) electrons. The van der Waals surface area contributed by atoms with Gasteiger partial charge in [0.15, 0.2) is 1.41 Å². The summed E-state index contributed by atoms with van der Waals surface area (Å²) in [7, 11) is 0. The number of primary amides is 1. The Morgan fingerprint density at radius 3 is 2.80 bits per heavy atom. The van der Waals surface area contributed by atoms with Crippen molar-refractivity contribution in [3.63, 3.8) is 0 Å². The van der Waals surface area contributed by atoms with Crippen LogP contribution in [0, 0.1) is 0 Å². The first kappa shape index (κ1) is 7.36. The van der Waals surface area contributed by atoms with Crippen LogP contribution in [0.25, 0.3) is 0 Å². The zero-order valence-corrected chi connectivity index (χ0v) is 5.85. The van der Waals surface area contributed by atoms with Crippen molar-refractivity contribution >= 4 is 23.0 Å². The number of thioether (sulfide) groups is 1. The molecule has 10 heavy (non-hydrogen) atoms. The van der Waals surface area contributed by atoms with Gasteiger partial charge in [0, 0.05) is 5.75 Å². The van der Waals surface area contributed by atoms with Gasteiger partial charge in [-0.05, 0) is 0 Å². The zero-order chi connectivity index (χ0) is 8.85. The second-order valence-electron chi connectivity index (χ2n) is 1.54. The molecule has 0 fully saturated rings. The number of rotatable bonds is 3. The summed E-state index contributed by atoms with van der Waals surface area (Å²) < 4.78 is 6.35. The van der Waals surface area contributed by atoms with Crippen LogP contribution in [-0.4, -0.2) is 28.1 Å². The van der Waals surface area contributed by atoms with Crippen LogP contribution in [0.1, 0.15) is 0 Å². The predicted octanol–water partition coefficient (Wildman–Crippen LogP) is -0.790. The Hall–Kier alpha value is -0.750. The molecule has 58 valence electrons. The molecule has 0 aliphatic carbocycles. The first-order valence-corrected chi connectivity index (χ1v) is 3.39. The average Bonchev–Trinajstić information content (AvgIpc) is 1.99. The number of carboxylic acids is 1. The minimum absolute atomic E-state index is 0.0277. The van der Waals surface area contributed by atoms with Crippen LogP contribution in [-0.2, 0) is 4.79 Å². The molecule has 0 aliphatic rings. The van der Waals surface area contributed by atoms with E-state index >= 15 is 0 Å². The molecule has 0 aromatic rings. The van der Waals surface area contributed by atoms with Crippen LogP contribution in [0.2, 0.25) is 1.41 Å². The van der Waals surface area contributed by atoms with E-state index in [1.807, 2.05) is 0 Å². The normalized spacial score (nSPS) is 13.5. The molecule has 0 unspecified atom stereocenters. The Morgan fingerprint density at radius 1 is 1.80 bits per heavy atom. The van der Waals surface area contributed by atoms with Gasteiger partial charge in [0.2, 0.25) is 0 Å². The van der Waals surface area contributed by atoms with E-state index in [9.17, 15) is 9.59 Å². The summed E-state index contributed by atoms with van der Waals surface area (Å²) in [5.41, 5.74) is 6.64. The van der Waals surface area contributed by atoms with Gasteiger partial charge in [-0.15, -0.1) is 0 Å². The lowest BCUT2D eigenvalue weighted by Crippen LogP contribution is -2.33.